The smallest absolute Gasteiger partial charge is 0.333 e. The maximum atomic E-state index is 12.6. The van der Waals surface area contributed by atoms with Gasteiger partial charge in [-0.2, -0.15) is 0 Å². The first kappa shape index (κ1) is 25.2. The minimum absolute atomic E-state index is 0.00602. The molecular formula is C25H38O6. The molecule has 6 heteroatoms. The summed E-state index contributed by atoms with van der Waals surface area (Å²) in [6, 6.07) is 0. The summed E-state index contributed by atoms with van der Waals surface area (Å²) in [5.74, 6) is 0.295. The highest BCUT2D eigenvalue weighted by Crippen LogP contribution is 2.34. The molecule has 0 N–H and O–H groups in total. The molecule has 2 aliphatic rings. The minimum atomic E-state index is -0.333. The Morgan fingerprint density at radius 2 is 1.13 bits per heavy atom. The molecule has 0 aliphatic heterocycles. The number of carbonyl (C=O) groups excluding carboxylic acids is 3. The van der Waals surface area contributed by atoms with Crippen molar-refractivity contribution in [1.29, 1.82) is 0 Å². The third kappa shape index (κ3) is 8.88. The summed E-state index contributed by atoms with van der Waals surface area (Å²) < 4.78 is 16.2. The van der Waals surface area contributed by atoms with Crippen molar-refractivity contribution in [2.45, 2.75) is 84.2 Å². The lowest BCUT2D eigenvalue weighted by Gasteiger charge is -2.31. The fourth-order valence-corrected chi connectivity index (χ4v) is 4.37. The zero-order valence-corrected chi connectivity index (χ0v) is 19.2. The lowest BCUT2D eigenvalue weighted by atomic mass is 9.80. The van der Waals surface area contributed by atoms with Crippen molar-refractivity contribution in [1.82, 2.24) is 0 Å². The van der Waals surface area contributed by atoms with E-state index in [2.05, 4.69) is 13.2 Å². The normalized spacial score (nSPS) is 25.9. The third-order valence-electron chi connectivity index (χ3n) is 6.47. The second-order valence-electron chi connectivity index (χ2n) is 9.21. The molecule has 0 spiro atoms. The Labute approximate surface area is 186 Å². The first-order valence-corrected chi connectivity index (χ1v) is 11.6. The predicted molar refractivity (Wildman–Crippen MR) is 118 cm³/mol. The van der Waals surface area contributed by atoms with Crippen molar-refractivity contribution in [2.24, 2.45) is 17.8 Å². The molecule has 6 nitrogen and oxygen atoms in total. The average Bonchev–Trinajstić information content (AvgIpc) is 2.75. The quantitative estimate of drug-likeness (QED) is 0.276. The van der Waals surface area contributed by atoms with Crippen LogP contribution in [-0.4, -0.2) is 37.2 Å². The van der Waals surface area contributed by atoms with Crippen LogP contribution in [0.3, 0.4) is 0 Å². The summed E-state index contributed by atoms with van der Waals surface area (Å²) in [5, 5.41) is 0. The Balaban J connectivity index is 1.58. The van der Waals surface area contributed by atoms with E-state index >= 15 is 0 Å². The van der Waals surface area contributed by atoms with Gasteiger partial charge in [0.05, 0.1) is 19.1 Å². The molecule has 174 valence electrons. The van der Waals surface area contributed by atoms with Gasteiger partial charge in [-0.25, -0.2) is 9.59 Å². The molecule has 2 saturated carbocycles. The number of hydrogen-bond acceptors (Lipinski definition) is 6. The van der Waals surface area contributed by atoms with E-state index in [9.17, 15) is 14.4 Å². The molecule has 31 heavy (non-hydrogen) atoms. The monoisotopic (exact) mass is 434 g/mol. The molecule has 0 unspecified atom stereocenters. The van der Waals surface area contributed by atoms with Crippen LogP contribution in [0.4, 0.5) is 0 Å². The minimum Gasteiger partial charge on any atom is -0.462 e. The summed E-state index contributed by atoms with van der Waals surface area (Å²) >= 11 is 0. The van der Waals surface area contributed by atoms with Crippen LogP contribution in [0.1, 0.15) is 78.1 Å². The predicted octanol–water partition coefficient (Wildman–Crippen LogP) is 4.91. The van der Waals surface area contributed by atoms with Crippen LogP contribution in [0.5, 0.6) is 0 Å². The van der Waals surface area contributed by atoms with Gasteiger partial charge in [-0.1, -0.05) is 13.2 Å². The van der Waals surface area contributed by atoms with Crippen LogP contribution in [0.15, 0.2) is 24.3 Å². The van der Waals surface area contributed by atoms with Crippen molar-refractivity contribution in [3.63, 3.8) is 0 Å². The van der Waals surface area contributed by atoms with Gasteiger partial charge in [0.2, 0.25) is 0 Å². The Kier molecular flexibility index (Phi) is 10.3. The lowest BCUT2D eigenvalue weighted by molar-refractivity contribution is -0.157. The van der Waals surface area contributed by atoms with Gasteiger partial charge in [0.25, 0.3) is 0 Å². The van der Waals surface area contributed by atoms with Crippen molar-refractivity contribution in [3.05, 3.63) is 24.3 Å². The van der Waals surface area contributed by atoms with Gasteiger partial charge in [0, 0.05) is 11.1 Å². The van der Waals surface area contributed by atoms with Crippen molar-refractivity contribution >= 4 is 17.9 Å². The van der Waals surface area contributed by atoms with E-state index in [0.29, 0.717) is 36.2 Å². The second kappa shape index (κ2) is 12.7. The highest BCUT2D eigenvalue weighted by atomic mass is 16.5. The fourth-order valence-electron chi connectivity index (χ4n) is 4.37. The van der Waals surface area contributed by atoms with Gasteiger partial charge in [-0.15, -0.1) is 0 Å². The molecule has 0 atom stereocenters. The van der Waals surface area contributed by atoms with E-state index in [1.807, 2.05) is 0 Å². The molecule has 0 radical (unpaired) electrons. The summed E-state index contributed by atoms with van der Waals surface area (Å²) in [5.41, 5.74) is 0.850. The average molecular weight is 435 g/mol. The van der Waals surface area contributed by atoms with Crippen LogP contribution < -0.4 is 0 Å². The van der Waals surface area contributed by atoms with E-state index in [1.165, 1.54) is 0 Å². The fraction of sp³-hybridized carbons (Fsp3) is 0.720. The highest BCUT2D eigenvalue weighted by molar-refractivity contribution is 5.87. The van der Waals surface area contributed by atoms with E-state index in [1.54, 1.807) is 13.8 Å². The molecule has 0 saturated heterocycles. The van der Waals surface area contributed by atoms with Crippen LogP contribution in [-0.2, 0) is 28.6 Å². The molecule has 0 amide bonds. The maximum Gasteiger partial charge on any atom is 0.333 e. The van der Waals surface area contributed by atoms with Crippen LogP contribution in [0.25, 0.3) is 0 Å². The van der Waals surface area contributed by atoms with Crippen molar-refractivity contribution < 1.29 is 28.6 Å². The molecule has 2 rings (SSSR count). The van der Waals surface area contributed by atoms with Gasteiger partial charge in [0.15, 0.2) is 0 Å². The Hall–Kier alpha value is -2.11. The van der Waals surface area contributed by atoms with E-state index in [4.69, 9.17) is 14.2 Å². The largest absolute Gasteiger partial charge is 0.462 e. The topological polar surface area (TPSA) is 78.9 Å². The van der Waals surface area contributed by atoms with Crippen LogP contribution in [0.2, 0.25) is 0 Å². The van der Waals surface area contributed by atoms with Gasteiger partial charge in [-0.05, 0) is 89.9 Å². The molecule has 0 aromatic heterocycles. The number of esters is 3. The number of hydrogen-bond donors (Lipinski definition) is 0. The molecule has 2 aliphatic carbocycles. The molecule has 0 bridgehead atoms. The number of carbonyl (C=O) groups is 3. The molecule has 2 fully saturated rings. The molecular weight excluding hydrogens is 396 g/mol. The van der Waals surface area contributed by atoms with Crippen molar-refractivity contribution in [3.8, 4) is 0 Å². The van der Waals surface area contributed by atoms with E-state index in [0.717, 1.165) is 64.2 Å². The summed E-state index contributed by atoms with van der Waals surface area (Å²) in [7, 11) is 0. The van der Waals surface area contributed by atoms with Gasteiger partial charge in [-0.3, -0.25) is 4.79 Å². The van der Waals surface area contributed by atoms with Crippen molar-refractivity contribution in [2.75, 3.05) is 13.2 Å². The number of ether oxygens (including phenoxy) is 3. The van der Waals surface area contributed by atoms with Gasteiger partial charge >= 0.3 is 17.9 Å². The Morgan fingerprint density at radius 1 is 0.710 bits per heavy atom. The Morgan fingerprint density at radius 3 is 1.55 bits per heavy atom. The van der Waals surface area contributed by atoms with Crippen LogP contribution in [0, 0.1) is 17.8 Å². The van der Waals surface area contributed by atoms with E-state index < -0.39 is 0 Å². The zero-order chi connectivity index (χ0) is 22.8. The standard InChI is InChI=1S/C25H38O6/c1-17(2)23(26)29-15-13-19-5-9-21(10-6-19)25(28)31-22-11-7-20(8-12-22)14-16-30-24(27)18(3)4/h19-22H,1,3,5-16H2,2,4H3. The first-order chi connectivity index (χ1) is 14.8. The third-order valence-corrected chi connectivity index (χ3v) is 6.47. The van der Waals surface area contributed by atoms with Gasteiger partial charge in [0.1, 0.15) is 6.10 Å². The molecule has 0 aromatic rings. The first-order valence-electron chi connectivity index (χ1n) is 11.6. The zero-order valence-electron chi connectivity index (χ0n) is 19.2. The van der Waals surface area contributed by atoms with Gasteiger partial charge < -0.3 is 14.2 Å². The second-order valence-corrected chi connectivity index (χ2v) is 9.21. The highest BCUT2D eigenvalue weighted by Gasteiger charge is 2.30. The number of rotatable bonds is 10. The maximum absolute atomic E-state index is 12.6. The summed E-state index contributed by atoms with van der Waals surface area (Å²) in [6.07, 6.45) is 9.11. The van der Waals surface area contributed by atoms with E-state index in [-0.39, 0.29) is 29.9 Å². The summed E-state index contributed by atoms with van der Waals surface area (Å²) in [4.78, 5) is 35.4. The summed E-state index contributed by atoms with van der Waals surface area (Å²) in [6.45, 7) is 11.3. The molecule has 0 heterocycles. The Bertz CT molecular complexity index is 651. The molecule has 0 aromatic carbocycles. The SMILES string of the molecule is C=C(C)C(=O)OCCC1CCC(OC(=O)C2CCC(CCOC(=O)C(=C)C)CC2)CC1. The van der Waals surface area contributed by atoms with Crippen LogP contribution >= 0.6 is 0 Å². The lowest BCUT2D eigenvalue weighted by Crippen LogP contribution is -2.30.